The molecule has 0 amide bonds. The summed E-state index contributed by atoms with van der Waals surface area (Å²) in [6, 6.07) is 9.98. The lowest BCUT2D eigenvalue weighted by Crippen LogP contribution is -1.92. The number of benzene rings is 1. The van der Waals surface area contributed by atoms with E-state index in [2.05, 4.69) is 0 Å². The van der Waals surface area contributed by atoms with Crippen molar-refractivity contribution in [3.05, 3.63) is 47.8 Å². The van der Waals surface area contributed by atoms with Crippen molar-refractivity contribution in [1.82, 2.24) is 0 Å². The van der Waals surface area contributed by atoms with E-state index >= 15 is 0 Å². The van der Waals surface area contributed by atoms with Crippen LogP contribution in [0.5, 0.6) is 0 Å². The van der Waals surface area contributed by atoms with Crippen LogP contribution in [0, 0.1) is 0 Å². The van der Waals surface area contributed by atoms with Gasteiger partial charge in [0, 0.05) is 5.82 Å². The van der Waals surface area contributed by atoms with Crippen LogP contribution in [0.1, 0.15) is 19.4 Å². The molecule has 0 N–H and O–H groups in total. The molecule has 1 aromatic carbocycles. The molecule has 0 aliphatic carbocycles. The summed E-state index contributed by atoms with van der Waals surface area (Å²) < 4.78 is 22.4. The number of allylic oxidation sites excluding steroid dienone is 1. The van der Waals surface area contributed by atoms with Crippen molar-refractivity contribution in [1.29, 1.82) is 0 Å². The van der Waals surface area contributed by atoms with Gasteiger partial charge in [0.2, 0.25) is 0 Å². The van der Waals surface area contributed by atoms with Crippen molar-refractivity contribution < 1.29 is 13.6 Å². The SMILES string of the molecule is CCOP(=O)(C=CCc1ccccc1)OCC. The quantitative estimate of drug-likeness (QED) is 0.690. The molecular weight excluding hydrogens is 235 g/mol. The average molecular weight is 254 g/mol. The van der Waals surface area contributed by atoms with E-state index in [9.17, 15) is 4.57 Å². The maximum Gasteiger partial charge on any atom is 0.353 e. The van der Waals surface area contributed by atoms with Crippen LogP contribution < -0.4 is 0 Å². The first-order valence-electron chi connectivity index (χ1n) is 5.80. The molecule has 3 nitrogen and oxygen atoms in total. The van der Waals surface area contributed by atoms with E-state index in [0.29, 0.717) is 13.2 Å². The monoisotopic (exact) mass is 254 g/mol. The van der Waals surface area contributed by atoms with Crippen molar-refractivity contribution >= 4 is 7.60 Å². The molecule has 1 rings (SSSR count). The summed E-state index contributed by atoms with van der Waals surface area (Å²) in [5, 5.41) is 0. The van der Waals surface area contributed by atoms with Gasteiger partial charge in [0.25, 0.3) is 0 Å². The predicted molar refractivity (Wildman–Crippen MR) is 70.1 cm³/mol. The predicted octanol–water partition coefficient (Wildman–Crippen LogP) is 4.01. The molecule has 0 aliphatic rings. The Labute approximate surface area is 103 Å². The van der Waals surface area contributed by atoms with Gasteiger partial charge < -0.3 is 9.05 Å². The maximum absolute atomic E-state index is 12.1. The summed E-state index contributed by atoms with van der Waals surface area (Å²) in [5.74, 6) is 1.55. The molecule has 17 heavy (non-hydrogen) atoms. The molecule has 0 bridgehead atoms. The Balaban J connectivity index is 2.58. The third kappa shape index (κ3) is 5.31. The first kappa shape index (κ1) is 14.2. The van der Waals surface area contributed by atoms with Crippen LogP contribution in [0.2, 0.25) is 0 Å². The van der Waals surface area contributed by atoms with E-state index in [1.165, 1.54) is 5.56 Å². The molecule has 4 heteroatoms. The van der Waals surface area contributed by atoms with Crippen LogP contribution in [-0.2, 0) is 20.0 Å². The highest BCUT2D eigenvalue weighted by molar-refractivity contribution is 7.57. The minimum Gasteiger partial charge on any atom is -0.306 e. The van der Waals surface area contributed by atoms with E-state index in [1.807, 2.05) is 36.4 Å². The zero-order valence-electron chi connectivity index (χ0n) is 10.3. The van der Waals surface area contributed by atoms with E-state index in [-0.39, 0.29) is 0 Å². The van der Waals surface area contributed by atoms with Gasteiger partial charge in [0.1, 0.15) is 0 Å². The Hall–Kier alpha value is -0.890. The van der Waals surface area contributed by atoms with Crippen LogP contribution in [0.25, 0.3) is 0 Å². The van der Waals surface area contributed by atoms with Crippen LogP contribution in [0.3, 0.4) is 0 Å². The molecule has 0 saturated carbocycles. The maximum atomic E-state index is 12.1. The fourth-order valence-electron chi connectivity index (χ4n) is 1.42. The van der Waals surface area contributed by atoms with Crippen LogP contribution in [0.15, 0.2) is 42.2 Å². The van der Waals surface area contributed by atoms with E-state index < -0.39 is 7.60 Å². The highest BCUT2D eigenvalue weighted by Crippen LogP contribution is 2.49. The van der Waals surface area contributed by atoms with Gasteiger partial charge in [-0.3, -0.25) is 4.57 Å². The molecule has 1 aromatic rings. The highest BCUT2D eigenvalue weighted by Gasteiger charge is 2.18. The summed E-state index contributed by atoms with van der Waals surface area (Å²) in [4.78, 5) is 0. The fourth-order valence-corrected chi connectivity index (χ4v) is 2.75. The first-order chi connectivity index (χ1) is 8.20. The van der Waals surface area contributed by atoms with Gasteiger partial charge in [-0.1, -0.05) is 36.4 Å². The van der Waals surface area contributed by atoms with Gasteiger partial charge in [-0.15, -0.1) is 0 Å². The largest absolute Gasteiger partial charge is 0.353 e. The van der Waals surface area contributed by atoms with Gasteiger partial charge in [-0.2, -0.15) is 0 Å². The lowest BCUT2D eigenvalue weighted by Gasteiger charge is -2.12. The van der Waals surface area contributed by atoms with Crippen LogP contribution in [0.4, 0.5) is 0 Å². The Kier molecular flexibility index (Phi) is 6.20. The molecule has 0 fully saturated rings. The van der Waals surface area contributed by atoms with Gasteiger partial charge in [0.15, 0.2) is 0 Å². The summed E-state index contributed by atoms with van der Waals surface area (Å²) in [5.41, 5.74) is 1.17. The van der Waals surface area contributed by atoms with Crippen LogP contribution in [-0.4, -0.2) is 13.2 Å². The summed E-state index contributed by atoms with van der Waals surface area (Å²) in [6.07, 6.45) is 2.56. The standard InChI is InChI=1S/C13H19O3P/c1-3-15-17(14,16-4-2)12-8-11-13-9-6-5-7-10-13/h5-10,12H,3-4,11H2,1-2H3. The molecule has 0 unspecified atom stereocenters. The minimum absolute atomic E-state index is 0.382. The van der Waals surface area contributed by atoms with Crippen molar-refractivity contribution in [2.24, 2.45) is 0 Å². The second kappa shape index (κ2) is 7.44. The molecule has 0 aliphatic heterocycles. The summed E-state index contributed by atoms with van der Waals surface area (Å²) in [7, 11) is -3.04. The Morgan fingerprint density at radius 1 is 1.12 bits per heavy atom. The fraction of sp³-hybridized carbons (Fsp3) is 0.385. The zero-order chi connectivity index (χ0) is 12.6. The van der Waals surface area contributed by atoms with Crippen molar-refractivity contribution in [2.45, 2.75) is 20.3 Å². The van der Waals surface area contributed by atoms with Crippen molar-refractivity contribution in [2.75, 3.05) is 13.2 Å². The van der Waals surface area contributed by atoms with Gasteiger partial charge in [-0.25, -0.2) is 0 Å². The summed E-state index contributed by atoms with van der Waals surface area (Å²) >= 11 is 0. The molecule has 0 atom stereocenters. The minimum atomic E-state index is -3.04. The van der Waals surface area contributed by atoms with Crippen LogP contribution >= 0.6 is 7.60 Å². The number of hydrogen-bond acceptors (Lipinski definition) is 3. The smallest absolute Gasteiger partial charge is 0.306 e. The zero-order valence-corrected chi connectivity index (χ0v) is 11.2. The molecular formula is C13H19O3P. The second-order valence-electron chi connectivity index (χ2n) is 3.45. The third-order valence-corrected chi connectivity index (χ3v) is 3.91. The number of rotatable bonds is 7. The van der Waals surface area contributed by atoms with Gasteiger partial charge >= 0.3 is 7.60 Å². The highest BCUT2D eigenvalue weighted by atomic mass is 31.2. The molecule has 0 aromatic heterocycles. The van der Waals surface area contributed by atoms with Crippen molar-refractivity contribution in [3.63, 3.8) is 0 Å². The van der Waals surface area contributed by atoms with E-state index in [0.717, 1.165) is 6.42 Å². The van der Waals surface area contributed by atoms with E-state index in [1.54, 1.807) is 19.7 Å². The number of hydrogen-bond donors (Lipinski definition) is 0. The Morgan fingerprint density at radius 3 is 2.24 bits per heavy atom. The molecule has 94 valence electrons. The lowest BCUT2D eigenvalue weighted by molar-refractivity contribution is 0.229. The second-order valence-corrected chi connectivity index (χ2v) is 5.34. The van der Waals surface area contributed by atoms with Gasteiger partial charge in [-0.05, 0) is 25.8 Å². The average Bonchev–Trinajstić information content (AvgIpc) is 2.31. The lowest BCUT2D eigenvalue weighted by atomic mass is 10.2. The molecule has 0 heterocycles. The molecule has 0 spiro atoms. The molecule has 0 radical (unpaired) electrons. The Morgan fingerprint density at radius 2 is 1.71 bits per heavy atom. The van der Waals surface area contributed by atoms with E-state index in [4.69, 9.17) is 9.05 Å². The topological polar surface area (TPSA) is 35.5 Å². The van der Waals surface area contributed by atoms with Crippen molar-refractivity contribution in [3.8, 4) is 0 Å². The normalized spacial score (nSPS) is 12.1. The first-order valence-corrected chi connectivity index (χ1v) is 7.42. The van der Waals surface area contributed by atoms with Gasteiger partial charge in [0.05, 0.1) is 13.2 Å². The Bertz CT molecular complexity index is 377. The third-order valence-electron chi connectivity index (χ3n) is 2.10. The molecule has 0 saturated heterocycles. The summed E-state index contributed by atoms with van der Waals surface area (Å²) in [6.45, 7) is 4.37.